The molecule has 0 amide bonds. The zero-order valence-corrected chi connectivity index (χ0v) is 12.3. The van der Waals surface area contributed by atoms with Gasteiger partial charge < -0.3 is 5.32 Å². The standard InChI is InChI=1S/C14H20N4S/c1-3-11-13-12(16-10-6-8-19-9-10)5-7-15-14(13)18(4-2)17-11/h5,7,10H,3-4,6,8-9H2,1-2H3,(H,15,16). The normalized spacial score (nSPS) is 19.2. The van der Waals surface area contributed by atoms with E-state index in [-0.39, 0.29) is 0 Å². The fraction of sp³-hybridized carbons (Fsp3) is 0.571. The third-order valence-electron chi connectivity index (χ3n) is 3.63. The number of aryl methyl sites for hydroxylation is 2. The smallest absolute Gasteiger partial charge is 0.160 e. The zero-order chi connectivity index (χ0) is 13.2. The molecule has 1 N–H and O–H groups in total. The molecule has 1 saturated heterocycles. The Labute approximate surface area is 118 Å². The Bertz CT molecular complexity index is 572. The van der Waals surface area contributed by atoms with Crippen molar-refractivity contribution in [2.45, 2.75) is 39.3 Å². The molecule has 3 rings (SSSR count). The summed E-state index contributed by atoms with van der Waals surface area (Å²) in [5, 5.41) is 9.56. The van der Waals surface area contributed by atoms with E-state index < -0.39 is 0 Å². The second kappa shape index (κ2) is 5.41. The molecule has 0 radical (unpaired) electrons. The molecule has 102 valence electrons. The predicted octanol–water partition coefficient (Wildman–Crippen LogP) is 2.93. The third kappa shape index (κ3) is 2.31. The zero-order valence-electron chi connectivity index (χ0n) is 11.5. The molecule has 4 nitrogen and oxygen atoms in total. The lowest BCUT2D eigenvalue weighted by atomic mass is 10.1. The van der Waals surface area contributed by atoms with E-state index in [9.17, 15) is 0 Å². The number of rotatable bonds is 4. The maximum absolute atomic E-state index is 4.67. The van der Waals surface area contributed by atoms with Crippen molar-refractivity contribution in [3.8, 4) is 0 Å². The number of nitrogens with zero attached hydrogens (tertiary/aromatic N) is 3. The molecule has 3 heterocycles. The van der Waals surface area contributed by atoms with Crippen molar-refractivity contribution in [2.24, 2.45) is 0 Å². The molecule has 0 bridgehead atoms. The Kier molecular flexibility index (Phi) is 3.64. The molecule has 19 heavy (non-hydrogen) atoms. The largest absolute Gasteiger partial charge is 0.381 e. The Morgan fingerprint density at radius 3 is 3.05 bits per heavy atom. The SMILES string of the molecule is CCc1nn(CC)c2nccc(NC3CCSC3)c12. The summed E-state index contributed by atoms with van der Waals surface area (Å²) in [6, 6.07) is 2.68. The Morgan fingerprint density at radius 1 is 1.47 bits per heavy atom. The van der Waals surface area contributed by atoms with Crippen molar-refractivity contribution in [1.29, 1.82) is 0 Å². The van der Waals surface area contributed by atoms with Gasteiger partial charge in [-0.25, -0.2) is 9.67 Å². The summed E-state index contributed by atoms with van der Waals surface area (Å²) in [6.45, 7) is 5.14. The Hall–Kier alpha value is -1.23. The molecule has 0 aliphatic carbocycles. The van der Waals surface area contributed by atoms with Crippen LogP contribution in [0.2, 0.25) is 0 Å². The van der Waals surface area contributed by atoms with Crippen molar-refractivity contribution in [3.63, 3.8) is 0 Å². The highest BCUT2D eigenvalue weighted by atomic mass is 32.2. The van der Waals surface area contributed by atoms with Crippen LogP contribution in [-0.2, 0) is 13.0 Å². The van der Waals surface area contributed by atoms with Crippen LogP contribution in [0.3, 0.4) is 0 Å². The second-order valence-electron chi connectivity index (χ2n) is 4.88. The summed E-state index contributed by atoms with van der Waals surface area (Å²) >= 11 is 2.03. The first kappa shape index (κ1) is 12.8. The predicted molar refractivity (Wildman–Crippen MR) is 81.9 cm³/mol. The average molecular weight is 276 g/mol. The van der Waals surface area contributed by atoms with Gasteiger partial charge in [0.15, 0.2) is 5.65 Å². The van der Waals surface area contributed by atoms with Crippen molar-refractivity contribution >= 4 is 28.5 Å². The van der Waals surface area contributed by atoms with Crippen molar-refractivity contribution in [1.82, 2.24) is 14.8 Å². The first-order valence-corrected chi connectivity index (χ1v) is 8.17. The lowest BCUT2D eigenvalue weighted by molar-refractivity contribution is 0.664. The highest BCUT2D eigenvalue weighted by Gasteiger charge is 2.19. The van der Waals surface area contributed by atoms with Crippen LogP contribution in [-0.4, -0.2) is 32.3 Å². The number of nitrogens with one attached hydrogen (secondary N) is 1. The summed E-state index contributed by atoms with van der Waals surface area (Å²) in [6.07, 6.45) is 4.08. The van der Waals surface area contributed by atoms with E-state index in [1.54, 1.807) is 0 Å². The summed E-state index contributed by atoms with van der Waals surface area (Å²) in [4.78, 5) is 4.51. The van der Waals surface area contributed by atoms with Crippen LogP contribution < -0.4 is 5.32 Å². The number of fused-ring (bicyclic) bond motifs is 1. The van der Waals surface area contributed by atoms with Gasteiger partial charge in [-0.1, -0.05) is 6.92 Å². The number of thioether (sulfide) groups is 1. The van der Waals surface area contributed by atoms with Gasteiger partial charge in [0.2, 0.25) is 0 Å². The third-order valence-corrected chi connectivity index (χ3v) is 4.79. The van der Waals surface area contributed by atoms with Crippen molar-refractivity contribution in [3.05, 3.63) is 18.0 Å². The number of hydrogen-bond acceptors (Lipinski definition) is 4. The number of anilines is 1. The van der Waals surface area contributed by atoms with Gasteiger partial charge in [0.25, 0.3) is 0 Å². The molecular formula is C14H20N4S. The fourth-order valence-electron chi connectivity index (χ4n) is 2.63. The lowest BCUT2D eigenvalue weighted by Gasteiger charge is -2.14. The highest BCUT2D eigenvalue weighted by molar-refractivity contribution is 7.99. The van der Waals surface area contributed by atoms with Gasteiger partial charge in [0, 0.05) is 30.2 Å². The minimum absolute atomic E-state index is 0.588. The molecule has 1 aliphatic heterocycles. The van der Waals surface area contributed by atoms with Crippen LogP contribution in [0.1, 0.15) is 26.0 Å². The quantitative estimate of drug-likeness (QED) is 0.932. The summed E-state index contributed by atoms with van der Waals surface area (Å²) in [7, 11) is 0. The summed E-state index contributed by atoms with van der Waals surface area (Å²) < 4.78 is 2.00. The van der Waals surface area contributed by atoms with Crippen LogP contribution in [0.25, 0.3) is 11.0 Å². The topological polar surface area (TPSA) is 42.7 Å². The van der Waals surface area contributed by atoms with Crippen molar-refractivity contribution < 1.29 is 0 Å². The molecule has 0 spiro atoms. The summed E-state index contributed by atoms with van der Waals surface area (Å²) in [5.74, 6) is 2.47. The molecule has 0 aromatic carbocycles. The van der Waals surface area contributed by atoms with Crippen LogP contribution in [0.4, 0.5) is 5.69 Å². The van der Waals surface area contributed by atoms with E-state index in [0.717, 1.165) is 24.3 Å². The van der Waals surface area contributed by atoms with E-state index in [0.29, 0.717) is 6.04 Å². The number of hydrogen-bond donors (Lipinski definition) is 1. The molecule has 1 unspecified atom stereocenters. The first-order valence-electron chi connectivity index (χ1n) is 7.02. The van der Waals surface area contributed by atoms with E-state index in [1.807, 2.05) is 22.6 Å². The second-order valence-corrected chi connectivity index (χ2v) is 6.03. The lowest BCUT2D eigenvalue weighted by Crippen LogP contribution is -2.18. The van der Waals surface area contributed by atoms with Gasteiger partial charge >= 0.3 is 0 Å². The average Bonchev–Trinajstić information content (AvgIpc) is 3.06. The molecule has 5 heteroatoms. The van der Waals surface area contributed by atoms with Gasteiger partial charge in [0.05, 0.1) is 11.1 Å². The van der Waals surface area contributed by atoms with Gasteiger partial charge in [-0.15, -0.1) is 0 Å². The molecule has 1 fully saturated rings. The summed E-state index contributed by atoms with van der Waals surface area (Å²) in [5.41, 5.74) is 3.36. The Balaban J connectivity index is 2.05. The van der Waals surface area contributed by atoms with E-state index in [1.165, 1.54) is 29.0 Å². The minimum Gasteiger partial charge on any atom is -0.381 e. The molecule has 0 saturated carbocycles. The van der Waals surface area contributed by atoms with Gasteiger partial charge in [-0.05, 0) is 31.6 Å². The van der Waals surface area contributed by atoms with Crippen molar-refractivity contribution in [2.75, 3.05) is 16.8 Å². The molecule has 1 atom stereocenters. The van der Waals surface area contributed by atoms with Crippen LogP contribution in [0, 0.1) is 0 Å². The van der Waals surface area contributed by atoms with Crippen LogP contribution >= 0.6 is 11.8 Å². The Morgan fingerprint density at radius 2 is 2.37 bits per heavy atom. The molecule has 2 aromatic rings. The van der Waals surface area contributed by atoms with E-state index in [2.05, 4.69) is 35.3 Å². The van der Waals surface area contributed by atoms with Crippen LogP contribution in [0.5, 0.6) is 0 Å². The van der Waals surface area contributed by atoms with E-state index >= 15 is 0 Å². The fourth-order valence-corrected chi connectivity index (χ4v) is 3.78. The van der Waals surface area contributed by atoms with Gasteiger partial charge in [0.1, 0.15) is 0 Å². The van der Waals surface area contributed by atoms with Gasteiger partial charge in [-0.3, -0.25) is 0 Å². The maximum Gasteiger partial charge on any atom is 0.160 e. The highest BCUT2D eigenvalue weighted by Crippen LogP contribution is 2.29. The van der Waals surface area contributed by atoms with Crippen LogP contribution in [0.15, 0.2) is 12.3 Å². The first-order chi connectivity index (χ1) is 9.33. The molecular weight excluding hydrogens is 256 g/mol. The number of pyridine rings is 1. The maximum atomic E-state index is 4.67. The molecule has 1 aliphatic rings. The van der Waals surface area contributed by atoms with Gasteiger partial charge in [-0.2, -0.15) is 16.9 Å². The van der Waals surface area contributed by atoms with E-state index in [4.69, 9.17) is 0 Å². The molecule has 2 aromatic heterocycles. The number of aromatic nitrogens is 3. The monoisotopic (exact) mass is 276 g/mol. The minimum atomic E-state index is 0.588.